The van der Waals surface area contributed by atoms with Crippen LogP contribution in [-0.4, -0.2) is 12.7 Å². The van der Waals surface area contributed by atoms with Gasteiger partial charge in [-0.2, -0.15) is 0 Å². The van der Waals surface area contributed by atoms with Gasteiger partial charge >= 0.3 is 7.69 Å². The van der Waals surface area contributed by atoms with E-state index in [1.165, 1.54) is 22.3 Å². The van der Waals surface area contributed by atoms with E-state index in [9.17, 15) is 0 Å². The third-order valence-corrected chi connectivity index (χ3v) is 6.17. The molecule has 0 saturated carbocycles. The Labute approximate surface area is 183 Å². The molecule has 0 spiro atoms. The van der Waals surface area contributed by atoms with Crippen LogP contribution in [0.25, 0.3) is 11.1 Å². The minimum atomic E-state index is -0.331. The lowest BCUT2D eigenvalue weighted by Crippen LogP contribution is -2.16. The molecule has 0 saturated heterocycles. The van der Waals surface area contributed by atoms with Gasteiger partial charge < -0.3 is 14.6 Å². The Morgan fingerprint density at radius 3 is 2.03 bits per heavy atom. The van der Waals surface area contributed by atoms with Gasteiger partial charge in [-0.1, -0.05) is 62.4 Å². The number of para-hydroxylation sites is 1. The average Bonchev–Trinajstić information content (AvgIpc) is 3.03. The lowest BCUT2D eigenvalue weighted by atomic mass is 9.82. The van der Waals surface area contributed by atoms with Crippen molar-refractivity contribution in [2.75, 3.05) is 4.90 Å². The molecule has 0 fully saturated rings. The SMILES string of the molecule is CC1(C)c2ccccc2-c2ccc(N(c3ccccc3)c3ccc(OBO)cc3)cc21. The predicted molar refractivity (Wildman–Crippen MR) is 129 cm³/mol. The van der Waals surface area contributed by atoms with Crippen molar-refractivity contribution in [2.24, 2.45) is 0 Å². The molecular formula is C27H24BNO2. The van der Waals surface area contributed by atoms with Crippen LogP contribution in [-0.2, 0) is 5.41 Å². The highest BCUT2D eigenvalue weighted by Crippen LogP contribution is 2.50. The lowest BCUT2D eigenvalue weighted by Gasteiger charge is -2.28. The molecule has 1 aliphatic rings. The number of benzene rings is 4. The molecule has 0 heterocycles. The third-order valence-electron chi connectivity index (χ3n) is 6.17. The molecule has 31 heavy (non-hydrogen) atoms. The third kappa shape index (κ3) is 3.29. The van der Waals surface area contributed by atoms with Gasteiger partial charge in [-0.15, -0.1) is 0 Å². The summed E-state index contributed by atoms with van der Waals surface area (Å²) in [7, 11) is -0.331. The minimum absolute atomic E-state index is 0.0525. The van der Waals surface area contributed by atoms with Gasteiger partial charge in [0.2, 0.25) is 0 Å². The summed E-state index contributed by atoms with van der Waals surface area (Å²) in [6, 6.07) is 33.6. The molecule has 1 aliphatic carbocycles. The van der Waals surface area contributed by atoms with E-state index in [2.05, 4.69) is 85.5 Å². The van der Waals surface area contributed by atoms with Gasteiger partial charge in [0.1, 0.15) is 5.75 Å². The van der Waals surface area contributed by atoms with Crippen molar-refractivity contribution in [3.63, 3.8) is 0 Å². The molecule has 0 aliphatic heterocycles. The van der Waals surface area contributed by atoms with E-state index in [1.54, 1.807) is 0 Å². The highest BCUT2D eigenvalue weighted by molar-refractivity contribution is 6.17. The van der Waals surface area contributed by atoms with Crippen LogP contribution >= 0.6 is 0 Å². The molecule has 1 N–H and O–H groups in total. The van der Waals surface area contributed by atoms with Crippen LogP contribution in [0.1, 0.15) is 25.0 Å². The Bertz CT molecular complexity index is 1220. The summed E-state index contributed by atoms with van der Waals surface area (Å²) in [6.07, 6.45) is 0. The van der Waals surface area contributed by atoms with Crippen molar-refractivity contribution in [3.05, 3.63) is 108 Å². The highest BCUT2D eigenvalue weighted by Gasteiger charge is 2.35. The first-order valence-corrected chi connectivity index (χ1v) is 10.5. The first-order chi connectivity index (χ1) is 15.1. The molecule has 0 bridgehead atoms. The molecule has 0 radical (unpaired) electrons. The number of hydrogen-bond donors (Lipinski definition) is 1. The lowest BCUT2D eigenvalue weighted by molar-refractivity contribution is 0.454. The second-order valence-corrected chi connectivity index (χ2v) is 8.34. The van der Waals surface area contributed by atoms with Crippen molar-refractivity contribution < 1.29 is 9.68 Å². The van der Waals surface area contributed by atoms with E-state index in [0.29, 0.717) is 5.75 Å². The van der Waals surface area contributed by atoms with Crippen LogP contribution in [0.15, 0.2) is 97.1 Å². The second kappa shape index (κ2) is 7.64. The summed E-state index contributed by atoms with van der Waals surface area (Å²) in [4.78, 5) is 2.25. The Kier molecular flexibility index (Phi) is 4.80. The maximum atomic E-state index is 9.03. The molecule has 0 amide bonds. The molecule has 4 aromatic carbocycles. The molecule has 5 rings (SSSR count). The van der Waals surface area contributed by atoms with E-state index < -0.39 is 0 Å². The van der Waals surface area contributed by atoms with E-state index in [-0.39, 0.29) is 13.1 Å². The predicted octanol–water partition coefficient (Wildman–Crippen LogP) is 6.10. The molecule has 0 aromatic heterocycles. The fraction of sp³-hybridized carbons (Fsp3) is 0.111. The quantitative estimate of drug-likeness (QED) is 0.407. The maximum Gasteiger partial charge on any atom is 0.504 e. The zero-order chi connectivity index (χ0) is 21.4. The van der Waals surface area contributed by atoms with E-state index >= 15 is 0 Å². The topological polar surface area (TPSA) is 32.7 Å². The standard InChI is InChI=1S/C27H24BNO2/c1-27(2)25-11-7-6-10-23(25)24-17-14-21(18-26(24)27)29(19-8-4-3-5-9-19)20-12-15-22(16-13-20)31-28-30/h3-18,28,30H,1-2H3. The van der Waals surface area contributed by atoms with Crippen molar-refractivity contribution in [3.8, 4) is 16.9 Å². The van der Waals surface area contributed by atoms with Crippen molar-refractivity contribution >= 4 is 24.7 Å². The van der Waals surface area contributed by atoms with Gasteiger partial charge in [0.25, 0.3) is 0 Å². The Morgan fingerprint density at radius 1 is 0.677 bits per heavy atom. The maximum absolute atomic E-state index is 9.03. The highest BCUT2D eigenvalue weighted by atomic mass is 16.5. The first kappa shape index (κ1) is 19.5. The Hall–Kier alpha value is -3.50. The molecule has 152 valence electrons. The van der Waals surface area contributed by atoms with Gasteiger partial charge in [-0.25, -0.2) is 0 Å². The van der Waals surface area contributed by atoms with Crippen LogP contribution in [0.4, 0.5) is 17.1 Å². The largest absolute Gasteiger partial charge is 0.539 e. The normalized spacial score (nSPS) is 13.3. The summed E-state index contributed by atoms with van der Waals surface area (Å²) in [6.45, 7) is 4.60. The van der Waals surface area contributed by atoms with Gasteiger partial charge in [0.05, 0.1) is 0 Å². The van der Waals surface area contributed by atoms with Crippen molar-refractivity contribution in [1.82, 2.24) is 0 Å². The zero-order valence-electron chi connectivity index (χ0n) is 17.7. The van der Waals surface area contributed by atoms with Gasteiger partial charge in [0.15, 0.2) is 0 Å². The van der Waals surface area contributed by atoms with Crippen LogP contribution < -0.4 is 9.55 Å². The zero-order valence-corrected chi connectivity index (χ0v) is 17.7. The number of nitrogens with zero attached hydrogens (tertiary/aromatic N) is 1. The smallest absolute Gasteiger partial charge is 0.504 e. The summed E-state index contributed by atoms with van der Waals surface area (Å²) in [5, 5.41) is 9.03. The van der Waals surface area contributed by atoms with E-state index in [4.69, 9.17) is 9.68 Å². The van der Waals surface area contributed by atoms with Crippen LogP contribution in [0, 0.1) is 0 Å². The number of rotatable bonds is 5. The molecule has 4 heteroatoms. The number of fused-ring (bicyclic) bond motifs is 3. The first-order valence-electron chi connectivity index (χ1n) is 10.5. The van der Waals surface area contributed by atoms with Crippen LogP contribution in [0.2, 0.25) is 0 Å². The van der Waals surface area contributed by atoms with Crippen molar-refractivity contribution in [1.29, 1.82) is 0 Å². The number of anilines is 3. The van der Waals surface area contributed by atoms with E-state index in [1.807, 2.05) is 30.3 Å². The minimum Gasteiger partial charge on any atom is -0.539 e. The molecule has 3 nitrogen and oxygen atoms in total. The Morgan fingerprint density at radius 2 is 1.29 bits per heavy atom. The summed E-state index contributed by atoms with van der Waals surface area (Å²) < 4.78 is 5.21. The molecule has 0 atom stereocenters. The van der Waals surface area contributed by atoms with Gasteiger partial charge in [-0.05, 0) is 70.8 Å². The number of hydrogen-bond acceptors (Lipinski definition) is 3. The van der Waals surface area contributed by atoms with Gasteiger partial charge in [-0.3, -0.25) is 0 Å². The second-order valence-electron chi connectivity index (χ2n) is 8.34. The Balaban J connectivity index is 1.64. The summed E-state index contributed by atoms with van der Waals surface area (Å²) >= 11 is 0. The fourth-order valence-corrected chi connectivity index (χ4v) is 4.62. The monoisotopic (exact) mass is 405 g/mol. The van der Waals surface area contributed by atoms with E-state index in [0.717, 1.165) is 17.1 Å². The van der Waals surface area contributed by atoms with Crippen molar-refractivity contribution in [2.45, 2.75) is 19.3 Å². The fourth-order valence-electron chi connectivity index (χ4n) is 4.62. The summed E-state index contributed by atoms with van der Waals surface area (Å²) in [5.74, 6) is 0.643. The average molecular weight is 405 g/mol. The van der Waals surface area contributed by atoms with Crippen LogP contribution in [0.3, 0.4) is 0 Å². The molecule has 0 unspecified atom stereocenters. The summed E-state index contributed by atoms with van der Waals surface area (Å²) in [5.41, 5.74) is 8.53. The van der Waals surface area contributed by atoms with Crippen LogP contribution in [0.5, 0.6) is 5.75 Å². The van der Waals surface area contributed by atoms with Gasteiger partial charge in [0, 0.05) is 22.5 Å². The molecular weight excluding hydrogens is 381 g/mol. The molecule has 4 aromatic rings.